The fourth-order valence-electron chi connectivity index (χ4n) is 3.47. The predicted molar refractivity (Wildman–Crippen MR) is 120 cm³/mol. The van der Waals surface area contributed by atoms with Crippen LogP contribution in [0.3, 0.4) is 0 Å². The van der Waals surface area contributed by atoms with E-state index in [-0.39, 0.29) is 23.6 Å². The molecular weight excluding hydrogens is 388 g/mol. The van der Waals surface area contributed by atoms with Crippen molar-refractivity contribution >= 4 is 28.3 Å². The van der Waals surface area contributed by atoms with Crippen LogP contribution in [0.1, 0.15) is 33.7 Å². The lowest BCUT2D eigenvalue weighted by molar-refractivity contribution is 0.0946. The zero-order valence-electron chi connectivity index (χ0n) is 16.7. The average Bonchev–Trinajstić information content (AvgIpc) is 3.64. The Kier molecular flexibility index (Phi) is 4.88. The van der Waals surface area contributed by atoms with Crippen LogP contribution in [0.2, 0.25) is 0 Å². The SMILES string of the molecule is O=C(Nc1c(-c2ccccc2)ncc2ccccc12)c1ccnc(C(=O)NC2CC2)c1. The van der Waals surface area contributed by atoms with Crippen molar-refractivity contribution in [2.75, 3.05) is 5.32 Å². The van der Waals surface area contributed by atoms with Gasteiger partial charge in [0.15, 0.2) is 0 Å². The molecule has 0 spiro atoms. The van der Waals surface area contributed by atoms with Gasteiger partial charge in [0.25, 0.3) is 11.8 Å². The second kappa shape index (κ2) is 7.99. The summed E-state index contributed by atoms with van der Waals surface area (Å²) in [4.78, 5) is 34.2. The molecule has 5 rings (SSSR count). The second-order valence-electron chi connectivity index (χ2n) is 7.57. The highest BCUT2D eigenvalue weighted by Crippen LogP contribution is 2.33. The van der Waals surface area contributed by atoms with Crippen molar-refractivity contribution < 1.29 is 9.59 Å². The first-order valence-corrected chi connectivity index (χ1v) is 10.2. The molecule has 1 aliphatic carbocycles. The molecule has 0 aliphatic heterocycles. The van der Waals surface area contributed by atoms with Gasteiger partial charge in [-0.2, -0.15) is 0 Å². The minimum atomic E-state index is -0.321. The molecule has 2 aromatic heterocycles. The Morgan fingerprint density at radius 1 is 0.871 bits per heavy atom. The highest BCUT2D eigenvalue weighted by Gasteiger charge is 2.24. The van der Waals surface area contributed by atoms with E-state index in [9.17, 15) is 9.59 Å². The first-order chi connectivity index (χ1) is 15.2. The first-order valence-electron chi connectivity index (χ1n) is 10.2. The van der Waals surface area contributed by atoms with Crippen LogP contribution in [0.25, 0.3) is 22.0 Å². The van der Waals surface area contributed by atoms with E-state index < -0.39 is 0 Å². The molecule has 0 radical (unpaired) electrons. The molecule has 0 saturated heterocycles. The van der Waals surface area contributed by atoms with Crippen LogP contribution in [0.5, 0.6) is 0 Å². The van der Waals surface area contributed by atoms with Crippen LogP contribution in [0, 0.1) is 0 Å². The quantitative estimate of drug-likeness (QED) is 0.511. The molecule has 6 nitrogen and oxygen atoms in total. The normalized spacial score (nSPS) is 13.0. The molecular formula is C25H20N4O2. The van der Waals surface area contributed by atoms with Crippen molar-refractivity contribution in [2.45, 2.75) is 18.9 Å². The molecule has 2 aromatic carbocycles. The lowest BCUT2D eigenvalue weighted by Crippen LogP contribution is -2.26. The lowest BCUT2D eigenvalue weighted by atomic mass is 10.0. The van der Waals surface area contributed by atoms with Crippen LogP contribution >= 0.6 is 0 Å². The van der Waals surface area contributed by atoms with Gasteiger partial charge in [-0.1, -0.05) is 54.6 Å². The zero-order chi connectivity index (χ0) is 21.2. The minimum absolute atomic E-state index is 0.224. The number of amides is 2. The fourth-order valence-corrected chi connectivity index (χ4v) is 3.47. The van der Waals surface area contributed by atoms with E-state index in [1.54, 1.807) is 12.3 Å². The number of carbonyl (C=O) groups is 2. The lowest BCUT2D eigenvalue weighted by Gasteiger charge is -2.14. The number of nitrogens with one attached hydrogen (secondary N) is 2. The number of hydrogen-bond donors (Lipinski definition) is 2. The van der Waals surface area contributed by atoms with Crippen LogP contribution in [-0.2, 0) is 0 Å². The Morgan fingerprint density at radius 3 is 2.45 bits per heavy atom. The van der Waals surface area contributed by atoms with Gasteiger partial charge >= 0.3 is 0 Å². The molecule has 152 valence electrons. The Balaban J connectivity index is 1.51. The third kappa shape index (κ3) is 4.00. The highest BCUT2D eigenvalue weighted by atomic mass is 16.2. The number of hydrogen-bond acceptors (Lipinski definition) is 4. The van der Waals surface area contributed by atoms with Gasteiger partial charge in [0.05, 0.1) is 11.4 Å². The molecule has 31 heavy (non-hydrogen) atoms. The van der Waals surface area contributed by atoms with E-state index in [2.05, 4.69) is 20.6 Å². The molecule has 0 unspecified atom stereocenters. The van der Waals surface area contributed by atoms with Gasteiger partial charge in [0.2, 0.25) is 0 Å². The summed E-state index contributed by atoms with van der Waals surface area (Å²) in [7, 11) is 0. The minimum Gasteiger partial charge on any atom is -0.348 e. The summed E-state index contributed by atoms with van der Waals surface area (Å²) in [5, 5.41) is 7.75. The molecule has 2 N–H and O–H groups in total. The maximum Gasteiger partial charge on any atom is 0.270 e. The van der Waals surface area contributed by atoms with E-state index in [0.717, 1.165) is 29.2 Å². The smallest absolute Gasteiger partial charge is 0.270 e. The van der Waals surface area contributed by atoms with E-state index in [4.69, 9.17) is 0 Å². The standard InChI is InChI=1S/C25H20N4O2/c30-24(17-12-13-26-21(14-17)25(31)28-19-10-11-19)29-23-20-9-5-4-8-18(20)15-27-22(23)16-6-2-1-3-7-16/h1-9,12-15,19H,10-11H2,(H,28,31)(H,29,30). The Morgan fingerprint density at radius 2 is 1.65 bits per heavy atom. The van der Waals surface area contributed by atoms with Gasteiger partial charge in [-0.05, 0) is 25.0 Å². The summed E-state index contributed by atoms with van der Waals surface area (Å²) in [6.45, 7) is 0. The number of aromatic nitrogens is 2. The molecule has 1 saturated carbocycles. The maximum atomic E-state index is 13.2. The first kappa shape index (κ1) is 18.9. The molecule has 2 amide bonds. The van der Waals surface area contributed by atoms with Gasteiger partial charge in [0, 0.05) is 40.3 Å². The number of pyridine rings is 2. The molecule has 0 atom stereocenters. The summed E-state index contributed by atoms with van der Waals surface area (Å²) >= 11 is 0. The number of carbonyl (C=O) groups excluding carboxylic acids is 2. The summed E-state index contributed by atoms with van der Waals surface area (Å²) in [5.74, 6) is -0.577. The van der Waals surface area contributed by atoms with E-state index in [0.29, 0.717) is 16.9 Å². The van der Waals surface area contributed by atoms with Gasteiger partial charge < -0.3 is 10.6 Å². The van der Waals surface area contributed by atoms with Crippen molar-refractivity contribution in [3.05, 3.63) is 90.4 Å². The average molecular weight is 408 g/mol. The Hall–Kier alpha value is -4.06. The molecule has 6 heteroatoms. The van der Waals surface area contributed by atoms with E-state index >= 15 is 0 Å². The molecule has 1 fully saturated rings. The maximum absolute atomic E-state index is 13.2. The number of benzene rings is 2. The predicted octanol–water partition coefficient (Wildman–Crippen LogP) is 4.44. The Labute approximate surface area is 179 Å². The topological polar surface area (TPSA) is 84.0 Å². The van der Waals surface area contributed by atoms with Crippen molar-refractivity contribution in [2.24, 2.45) is 0 Å². The third-order valence-corrected chi connectivity index (χ3v) is 5.25. The van der Waals surface area contributed by atoms with Crippen LogP contribution in [0.15, 0.2) is 79.1 Å². The largest absolute Gasteiger partial charge is 0.348 e. The van der Waals surface area contributed by atoms with Crippen molar-refractivity contribution in [3.63, 3.8) is 0 Å². The van der Waals surface area contributed by atoms with Crippen LogP contribution in [-0.4, -0.2) is 27.8 Å². The van der Waals surface area contributed by atoms with Crippen LogP contribution < -0.4 is 10.6 Å². The molecule has 0 bridgehead atoms. The van der Waals surface area contributed by atoms with Gasteiger partial charge in [-0.25, -0.2) is 0 Å². The van der Waals surface area contributed by atoms with Gasteiger partial charge in [-0.3, -0.25) is 19.6 Å². The van der Waals surface area contributed by atoms with Crippen molar-refractivity contribution in [1.82, 2.24) is 15.3 Å². The van der Waals surface area contributed by atoms with Crippen molar-refractivity contribution in [1.29, 1.82) is 0 Å². The zero-order valence-corrected chi connectivity index (χ0v) is 16.7. The molecule has 4 aromatic rings. The van der Waals surface area contributed by atoms with E-state index in [1.165, 1.54) is 12.3 Å². The monoisotopic (exact) mass is 408 g/mol. The third-order valence-electron chi connectivity index (χ3n) is 5.25. The second-order valence-corrected chi connectivity index (χ2v) is 7.57. The van der Waals surface area contributed by atoms with Gasteiger partial charge in [0.1, 0.15) is 5.69 Å². The number of anilines is 1. The molecule has 1 aliphatic rings. The summed E-state index contributed by atoms with van der Waals surface area (Å²) in [5.41, 5.74) is 2.83. The van der Waals surface area contributed by atoms with Gasteiger partial charge in [-0.15, -0.1) is 0 Å². The summed E-state index contributed by atoms with van der Waals surface area (Å²) in [6, 6.07) is 20.9. The fraction of sp³-hybridized carbons (Fsp3) is 0.120. The van der Waals surface area contributed by atoms with Crippen LogP contribution in [0.4, 0.5) is 5.69 Å². The summed E-state index contributed by atoms with van der Waals surface area (Å²) in [6.07, 6.45) is 5.26. The van der Waals surface area contributed by atoms with E-state index in [1.807, 2.05) is 54.6 Å². The number of nitrogens with zero attached hydrogens (tertiary/aromatic N) is 2. The highest BCUT2D eigenvalue weighted by molar-refractivity contribution is 6.12. The summed E-state index contributed by atoms with van der Waals surface area (Å²) < 4.78 is 0. The number of rotatable bonds is 5. The van der Waals surface area contributed by atoms with Crippen molar-refractivity contribution in [3.8, 4) is 11.3 Å². The molecule has 2 heterocycles. The Bertz CT molecular complexity index is 1280. The number of fused-ring (bicyclic) bond motifs is 1.